The van der Waals surface area contributed by atoms with Gasteiger partial charge in [0.15, 0.2) is 5.76 Å². The van der Waals surface area contributed by atoms with Gasteiger partial charge in [-0.25, -0.2) is 0 Å². The van der Waals surface area contributed by atoms with Crippen LogP contribution in [0, 0.1) is 0 Å². The van der Waals surface area contributed by atoms with Crippen molar-refractivity contribution in [1.29, 1.82) is 0 Å². The fourth-order valence-corrected chi connectivity index (χ4v) is 3.14. The number of carbonyl (C=O) groups excluding carboxylic acids is 2. The van der Waals surface area contributed by atoms with Crippen molar-refractivity contribution in [2.24, 2.45) is 0 Å². The van der Waals surface area contributed by atoms with Gasteiger partial charge < -0.3 is 29.4 Å². The molecule has 32 heavy (non-hydrogen) atoms. The minimum Gasteiger partial charge on any atom is -0.545 e. The summed E-state index contributed by atoms with van der Waals surface area (Å²) in [4.78, 5) is 23.5. The molecular weight excluding hydrogens is 451 g/mol. The van der Waals surface area contributed by atoms with Gasteiger partial charge in [0.2, 0.25) is 0 Å². The molecule has 2 N–H and O–H groups in total. The summed E-state index contributed by atoms with van der Waals surface area (Å²) >= 11 is 0. The average molecular weight is 472 g/mol. The van der Waals surface area contributed by atoms with E-state index >= 15 is 0 Å². The summed E-state index contributed by atoms with van der Waals surface area (Å²) in [5.41, 5.74) is 0.201. The molecule has 0 bridgehead atoms. The second kappa shape index (κ2) is 10.7. The van der Waals surface area contributed by atoms with Gasteiger partial charge in [-0.3, -0.25) is 4.79 Å². The van der Waals surface area contributed by atoms with Gasteiger partial charge in [-0.05, 0) is 37.6 Å². The van der Waals surface area contributed by atoms with Crippen molar-refractivity contribution in [3.63, 3.8) is 0 Å². The third kappa shape index (κ3) is 5.65. The van der Waals surface area contributed by atoms with Gasteiger partial charge in [-0.1, -0.05) is 12.1 Å². The van der Waals surface area contributed by atoms with Crippen LogP contribution in [-0.2, 0) is 24.2 Å². The van der Waals surface area contributed by atoms with Crippen LogP contribution in [0.1, 0.15) is 35.5 Å². The number of nitrogens with zero attached hydrogens (tertiary/aromatic N) is 2. The summed E-state index contributed by atoms with van der Waals surface area (Å²) in [6.07, 6.45) is 1.73. The summed E-state index contributed by atoms with van der Waals surface area (Å²) < 4.78 is 36.1. The molecule has 0 spiro atoms. The molecule has 0 radical (unpaired) electrons. The first-order chi connectivity index (χ1) is 14.7. The fraction of sp³-hybridized carbons (Fsp3) is 0.286. The molecule has 11 heteroatoms. The zero-order valence-electron chi connectivity index (χ0n) is 17.8. The Bertz CT molecular complexity index is 1110. The smallest absolute Gasteiger partial charge is 0.545 e. The first kappa shape index (κ1) is 26.2. The molecule has 8 nitrogen and oxygen atoms in total. The topological polar surface area (TPSA) is 120 Å². The number of amides is 1. The van der Waals surface area contributed by atoms with Crippen LogP contribution in [0.2, 0.25) is 0 Å². The minimum absolute atomic E-state index is 0. The van der Waals surface area contributed by atoms with Crippen LogP contribution in [0.3, 0.4) is 0 Å². The number of aromatic nitrogens is 2. The maximum Gasteiger partial charge on any atom is 1.00 e. The molecule has 0 saturated carbocycles. The van der Waals surface area contributed by atoms with Gasteiger partial charge in [-0.15, -0.1) is 0 Å². The number of hydrogen-bond donors (Lipinski definition) is 2. The summed E-state index contributed by atoms with van der Waals surface area (Å²) in [5, 5.41) is 26.3. The first-order valence-corrected chi connectivity index (χ1v) is 9.53. The number of carbonyl (C=O) groups is 2. The molecule has 0 saturated heterocycles. The van der Waals surface area contributed by atoms with E-state index in [1.807, 2.05) is 5.32 Å². The number of aromatic carboxylic acids is 1. The molecule has 2 heterocycles. The predicted molar refractivity (Wildman–Crippen MR) is 105 cm³/mol. The second-order valence-electron chi connectivity index (χ2n) is 6.88. The summed E-state index contributed by atoms with van der Waals surface area (Å²) in [6.45, 7) is 3.84. The number of nitrogens with one attached hydrogen (secondary N) is 1. The first-order valence-electron chi connectivity index (χ1n) is 9.53. The number of carboxylic acid groups (broad SMARTS) is 1. The van der Waals surface area contributed by atoms with E-state index < -0.39 is 29.8 Å². The maximum absolute atomic E-state index is 14.7. The number of benzene rings is 1. The number of rotatable bonds is 8. The molecule has 0 unspecified atom stereocenters. The van der Waals surface area contributed by atoms with Crippen LogP contribution in [0.25, 0.3) is 11.3 Å². The summed E-state index contributed by atoms with van der Waals surface area (Å²) in [6, 6.07) is 5.97. The Kier molecular flexibility index (Phi) is 8.77. The van der Waals surface area contributed by atoms with Gasteiger partial charge in [0.05, 0.1) is 23.8 Å². The fourth-order valence-electron chi connectivity index (χ4n) is 3.14. The normalized spacial score (nSPS) is 11.1. The number of aromatic hydroxyl groups is 1. The van der Waals surface area contributed by atoms with E-state index in [-0.39, 0.29) is 74.3 Å². The van der Waals surface area contributed by atoms with E-state index in [9.17, 15) is 28.6 Å². The number of phenolic OH excluding ortho intramolecular Hbond substituents is 1. The van der Waals surface area contributed by atoms with Crippen LogP contribution < -0.4 is 61.8 Å². The summed E-state index contributed by atoms with van der Waals surface area (Å²) in [5.74, 6) is -6.83. The number of carboxylic acids is 1. The average Bonchev–Trinajstić information content (AvgIpc) is 3.32. The van der Waals surface area contributed by atoms with E-state index in [1.54, 1.807) is 26.0 Å². The van der Waals surface area contributed by atoms with E-state index in [2.05, 4.69) is 5.16 Å². The van der Waals surface area contributed by atoms with Crippen molar-refractivity contribution < 1.29 is 84.5 Å². The van der Waals surface area contributed by atoms with Gasteiger partial charge >= 0.3 is 57.3 Å². The Balaban J connectivity index is 0.00000363. The van der Waals surface area contributed by atoms with E-state index in [0.717, 1.165) is 0 Å². The van der Waals surface area contributed by atoms with Gasteiger partial charge in [0, 0.05) is 35.6 Å². The number of alkyl halides is 2. The second-order valence-corrected chi connectivity index (χ2v) is 6.88. The Hall–Kier alpha value is -2.05. The maximum atomic E-state index is 14.7. The number of aryl methyl sites for hydroxylation is 1. The largest absolute Gasteiger partial charge is 1.00 e. The molecule has 0 aliphatic carbocycles. The van der Waals surface area contributed by atoms with Crippen LogP contribution in [0.5, 0.6) is 5.75 Å². The van der Waals surface area contributed by atoms with Crippen molar-refractivity contribution in [2.75, 3.05) is 5.32 Å². The van der Waals surface area contributed by atoms with Gasteiger partial charge in [0.25, 0.3) is 5.91 Å². The standard InChI is InChI=1S/C21H21F2N3O5.K/c1-3-14-16(25-31-18(14)12-5-7-13(27)8-6-12)9-21(22,23)20(30)24-17-11-26(4-2)10-15(17)19(28)29;/h5-8,10-11,27H,3-4,9H2,1-2H3,(H,24,30)(H,28,29);/q;+1/p-1. The minimum atomic E-state index is -3.88. The van der Waals surface area contributed by atoms with E-state index in [4.69, 9.17) is 4.52 Å². The van der Waals surface area contributed by atoms with Crippen molar-refractivity contribution in [1.82, 2.24) is 9.72 Å². The molecule has 0 atom stereocenters. The van der Waals surface area contributed by atoms with Crippen molar-refractivity contribution in [2.45, 2.75) is 39.2 Å². The quantitative estimate of drug-likeness (QED) is 0.432. The third-order valence-electron chi connectivity index (χ3n) is 4.79. The number of hydrogen-bond acceptors (Lipinski definition) is 6. The Morgan fingerprint density at radius 1 is 1.22 bits per heavy atom. The molecular formula is C21H20F2KN3O5. The van der Waals surface area contributed by atoms with Gasteiger partial charge in [-0.2, -0.15) is 8.78 Å². The molecule has 1 aromatic carbocycles. The molecule has 3 aromatic rings. The third-order valence-corrected chi connectivity index (χ3v) is 4.79. The number of phenols is 1. The molecule has 164 valence electrons. The zero-order chi connectivity index (χ0) is 22.8. The SMILES string of the molecule is CCc1c(CC(F)(F)C(=O)Nc2cn(CC)cc2C(=O)[O-])noc1-c1ccc(O)cc1.[K+]. The van der Waals surface area contributed by atoms with Crippen LogP contribution in [-0.4, -0.2) is 32.6 Å². The van der Waals surface area contributed by atoms with Crippen LogP contribution in [0.15, 0.2) is 41.2 Å². The monoisotopic (exact) mass is 471 g/mol. The van der Waals surface area contributed by atoms with Crippen LogP contribution >= 0.6 is 0 Å². The summed E-state index contributed by atoms with van der Waals surface area (Å²) in [7, 11) is 0. The van der Waals surface area contributed by atoms with Crippen molar-refractivity contribution in [3.8, 4) is 17.1 Å². The van der Waals surface area contributed by atoms with E-state index in [0.29, 0.717) is 24.1 Å². The zero-order valence-corrected chi connectivity index (χ0v) is 20.9. The molecule has 2 aromatic heterocycles. The number of anilines is 1. The Morgan fingerprint density at radius 3 is 2.44 bits per heavy atom. The van der Waals surface area contributed by atoms with Gasteiger partial charge in [0.1, 0.15) is 5.75 Å². The molecule has 0 fully saturated rings. The van der Waals surface area contributed by atoms with Crippen LogP contribution in [0.4, 0.5) is 14.5 Å². The molecule has 0 aliphatic heterocycles. The van der Waals surface area contributed by atoms with E-state index in [1.165, 1.54) is 29.1 Å². The number of halogens is 2. The molecule has 3 rings (SSSR count). The Morgan fingerprint density at radius 2 is 1.88 bits per heavy atom. The molecule has 1 amide bonds. The molecule has 0 aliphatic rings. The Labute approximate surface area is 225 Å². The predicted octanol–water partition coefficient (Wildman–Crippen LogP) is -0.385. The van der Waals surface area contributed by atoms with Crippen molar-refractivity contribution in [3.05, 3.63) is 53.5 Å². The van der Waals surface area contributed by atoms with Crippen molar-refractivity contribution >= 4 is 17.6 Å².